The molecule has 0 radical (unpaired) electrons. The highest BCUT2D eigenvalue weighted by Crippen LogP contribution is 2.24. The van der Waals surface area contributed by atoms with Crippen molar-refractivity contribution in [3.63, 3.8) is 0 Å². The number of amides is 1. The number of hydrogen-bond acceptors (Lipinski definition) is 3. The van der Waals surface area contributed by atoms with Crippen LogP contribution in [0.25, 0.3) is 0 Å². The Morgan fingerprint density at radius 2 is 1.81 bits per heavy atom. The van der Waals surface area contributed by atoms with Crippen LogP contribution in [0.5, 0.6) is 0 Å². The van der Waals surface area contributed by atoms with Gasteiger partial charge in [-0.3, -0.25) is 4.79 Å². The molecule has 1 heterocycles. The van der Waals surface area contributed by atoms with Crippen molar-refractivity contribution in [2.24, 2.45) is 0 Å². The first kappa shape index (κ1) is 22.7. The highest BCUT2D eigenvalue weighted by molar-refractivity contribution is 5.87. The van der Waals surface area contributed by atoms with Gasteiger partial charge in [-0.15, -0.1) is 0 Å². The third-order valence-corrected chi connectivity index (χ3v) is 5.36. The molecule has 0 N–H and O–H groups in total. The van der Waals surface area contributed by atoms with E-state index in [9.17, 15) is 9.59 Å². The largest absolute Gasteiger partial charge is 0.459 e. The van der Waals surface area contributed by atoms with Gasteiger partial charge in [0, 0.05) is 31.0 Å². The number of ether oxygens (including phenoxy) is 1. The minimum atomic E-state index is -0.251. The predicted molar refractivity (Wildman–Crippen MR) is 107 cm³/mol. The summed E-state index contributed by atoms with van der Waals surface area (Å²) < 4.78 is 5.49. The Labute approximate surface area is 160 Å². The smallest absolute Gasteiger partial charge is 0.333 e. The molecule has 0 aromatic rings. The van der Waals surface area contributed by atoms with Crippen LogP contribution < -0.4 is 0 Å². The molecule has 1 amide bonds. The summed E-state index contributed by atoms with van der Waals surface area (Å²) in [5.74, 6) is 0.0307. The van der Waals surface area contributed by atoms with Crippen LogP contribution in [0.1, 0.15) is 98.3 Å². The Hall–Kier alpha value is -1.32. The van der Waals surface area contributed by atoms with Gasteiger partial charge in [-0.25, -0.2) is 4.79 Å². The molecule has 0 spiro atoms. The summed E-state index contributed by atoms with van der Waals surface area (Å²) in [5, 5.41) is 0. The van der Waals surface area contributed by atoms with E-state index in [1.165, 1.54) is 32.1 Å². The first-order valence-electron chi connectivity index (χ1n) is 10.6. The summed E-state index contributed by atoms with van der Waals surface area (Å²) in [5.41, 5.74) is 0.634. The van der Waals surface area contributed by atoms with Crippen LogP contribution in [0.4, 0.5) is 0 Å². The first-order chi connectivity index (χ1) is 12.5. The van der Waals surface area contributed by atoms with Gasteiger partial charge in [0.25, 0.3) is 0 Å². The second kappa shape index (κ2) is 12.9. The first-order valence-corrected chi connectivity index (χ1v) is 10.6. The van der Waals surface area contributed by atoms with Crippen molar-refractivity contribution in [2.75, 3.05) is 6.54 Å². The lowest BCUT2D eigenvalue weighted by Gasteiger charge is -2.27. The molecule has 150 valence electrons. The molecule has 0 aromatic heterocycles. The molecule has 0 saturated carbocycles. The van der Waals surface area contributed by atoms with Gasteiger partial charge in [0.1, 0.15) is 6.10 Å². The van der Waals surface area contributed by atoms with Crippen LogP contribution >= 0.6 is 0 Å². The Morgan fingerprint density at radius 3 is 2.46 bits per heavy atom. The lowest BCUT2D eigenvalue weighted by molar-refractivity contribution is -0.144. The summed E-state index contributed by atoms with van der Waals surface area (Å²) in [6, 6.07) is 0.223. The molecule has 1 rings (SSSR count). The van der Waals surface area contributed by atoms with E-state index in [0.29, 0.717) is 12.0 Å². The summed E-state index contributed by atoms with van der Waals surface area (Å²) in [4.78, 5) is 26.5. The highest BCUT2D eigenvalue weighted by atomic mass is 16.5. The number of carbonyl (C=O) groups excluding carboxylic acids is 2. The average molecular weight is 366 g/mol. The molecule has 2 atom stereocenters. The molecule has 4 heteroatoms. The van der Waals surface area contributed by atoms with Crippen LogP contribution in [-0.2, 0) is 14.3 Å². The monoisotopic (exact) mass is 365 g/mol. The maximum Gasteiger partial charge on any atom is 0.333 e. The van der Waals surface area contributed by atoms with E-state index in [-0.39, 0.29) is 24.0 Å². The second-order valence-corrected chi connectivity index (χ2v) is 7.68. The number of rotatable bonds is 12. The van der Waals surface area contributed by atoms with Gasteiger partial charge in [-0.05, 0) is 40.0 Å². The van der Waals surface area contributed by atoms with E-state index in [4.69, 9.17) is 4.74 Å². The normalized spacial score (nSPS) is 18.8. The molecule has 0 bridgehead atoms. The van der Waals surface area contributed by atoms with Crippen molar-refractivity contribution in [1.29, 1.82) is 0 Å². The molecule has 4 nitrogen and oxygen atoms in total. The van der Waals surface area contributed by atoms with E-state index < -0.39 is 0 Å². The van der Waals surface area contributed by atoms with Crippen molar-refractivity contribution in [3.8, 4) is 0 Å². The fourth-order valence-electron chi connectivity index (χ4n) is 3.61. The molecule has 1 fully saturated rings. The number of carbonyl (C=O) groups is 2. The van der Waals surface area contributed by atoms with Crippen LogP contribution in [0.2, 0.25) is 0 Å². The van der Waals surface area contributed by atoms with Gasteiger partial charge in [0.05, 0.1) is 0 Å². The zero-order chi connectivity index (χ0) is 19.4. The molecule has 2 unspecified atom stereocenters. The van der Waals surface area contributed by atoms with Crippen LogP contribution in [0.15, 0.2) is 11.6 Å². The maximum atomic E-state index is 12.6. The van der Waals surface area contributed by atoms with E-state index in [1.807, 2.05) is 18.7 Å². The Morgan fingerprint density at radius 1 is 1.15 bits per heavy atom. The summed E-state index contributed by atoms with van der Waals surface area (Å²) in [6.07, 6.45) is 13.7. The number of allylic oxidation sites excluding steroid dienone is 1. The molecule has 0 aliphatic carbocycles. The van der Waals surface area contributed by atoms with Crippen molar-refractivity contribution in [3.05, 3.63) is 11.6 Å². The van der Waals surface area contributed by atoms with Crippen LogP contribution in [0.3, 0.4) is 0 Å². The lowest BCUT2D eigenvalue weighted by atomic mass is 10.1. The summed E-state index contributed by atoms with van der Waals surface area (Å²) in [6.45, 7) is 8.62. The molecule has 26 heavy (non-hydrogen) atoms. The molecule has 1 aliphatic heterocycles. The van der Waals surface area contributed by atoms with Gasteiger partial charge in [-0.2, -0.15) is 0 Å². The number of hydrogen-bond donors (Lipinski definition) is 0. The van der Waals surface area contributed by atoms with Crippen molar-refractivity contribution < 1.29 is 14.3 Å². The quantitative estimate of drug-likeness (QED) is 0.264. The molecular weight excluding hydrogens is 326 g/mol. The van der Waals surface area contributed by atoms with Gasteiger partial charge in [0.15, 0.2) is 0 Å². The fourth-order valence-corrected chi connectivity index (χ4v) is 3.61. The molecule has 1 aliphatic rings. The summed E-state index contributed by atoms with van der Waals surface area (Å²) >= 11 is 0. The fraction of sp³-hybridized carbons (Fsp3) is 0.818. The zero-order valence-corrected chi connectivity index (χ0v) is 17.4. The SMILES string of the molecule is C/C=C(/C)C(=O)OC(C)CC1CCCN1C(=O)CCCCCCCCC. The third-order valence-electron chi connectivity index (χ3n) is 5.36. The molecule has 1 saturated heterocycles. The minimum Gasteiger partial charge on any atom is -0.459 e. The van der Waals surface area contributed by atoms with Gasteiger partial charge >= 0.3 is 5.97 Å². The van der Waals surface area contributed by atoms with E-state index in [0.717, 1.165) is 38.6 Å². The predicted octanol–water partition coefficient (Wildman–Crippen LogP) is 5.41. The topological polar surface area (TPSA) is 46.6 Å². The van der Waals surface area contributed by atoms with E-state index >= 15 is 0 Å². The van der Waals surface area contributed by atoms with Gasteiger partial charge in [0.2, 0.25) is 5.91 Å². The maximum absolute atomic E-state index is 12.6. The number of nitrogens with zero attached hydrogens (tertiary/aromatic N) is 1. The second-order valence-electron chi connectivity index (χ2n) is 7.68. The highest BCUT2D eigenvalue weighted by Gasteiger charge is 2.30. The van der Waals surface area contributed by atoms with Crippen LogP contribution in [-0.4, -0.2) is 35.5 Å². The third kappa shape index (κ3) is 8.37. The average Bonchev–Trinajstić information content (AvgIpc) is 3.07. The summed E-state index contributed by atoms with van der Waals surface area (Å²) in [7, 11) is 0. The van der Waals surface area contributed by atoms with Gasteiger partial charge < -0.3 is 9.64 Å². The van der Waals surface area contributed by atoms with Crippen molar-refractivity contribution in [1.82, 2.24) is 4.90 Å². The van der Waals surface area contributed by atoms with Crippen molar-refractivity contribution in [2.45, 2.75) is 110 Å². The zero-order valence-electron chi connectivity index (χ0n) is 17.4. The Kier molecular flexibility index (Phi) is 11.3. The number of unbranched alkanes of at least 4 members (excludes halogenated alkanes) is 6. The lowest BCUT2D eigenvalue weighted by Crippen LogP contribution is -2.37. The minimum absolute atomic E-state index is 0.158. The van der Waals surface area contributed by atoms with Crippen LogP contribution in [0, 0.1) is 0 Å². The van der Waals surface area contributed by atoms with Gasteiger partial charge in [-0.1, -0.05) is 51.5 Å². The number of esters is 1. The van der Waals surface area contributed by atoms with E-state index in [1.54, 1.807) is 13.0 Å². The van der Waals surface area contributed by atoms with Crippen molar-refractivity contribution >= 4 is 11.9 Å². The molecule has 0 aromatic carbocycles. The van der Waals surface area contributed by atoms with E-state index in [2.05, 4.69) is 6.92 Å². The Bertz CT molecular complexity index is 458. The Balaban J connectivity index is 2.30. The molecular formula is C22H39NO3. The number of likely N-dealkylation sites (tertiary alicyclic amines) is 1. The standard InChI is InChI=1S/C22H39NO3/c1-5-7-8-9-10-11-12-15-21(24)23-16-13-14-20(23)17-19(4)26-22(25)18(3)6-2/h6,19-20H,5,7-17H2,1-4H3/b18-6-.